The first-order valence-electron chi connectivity index (χ1n) is 8.06. The van der Waals surface area contributed by atoms with Crippen molar-refractivity contribution in [3.63, 3.8) is 0 Å². The van der Waals surface area contributed by atoms with Crippen LogP contribution in [0.1, 0.15) is 33.1 Å². The molecule has 27 heavy (non-hydrogen) atoms. The van der Waals surface area contributed by atoms with Crippen LogP contribution in [0.25, 0.3) is 5.69 Å². The van der Waals surface area contributed by atoms with Gasteiger partial charge in [0.25, 0.3) is 5.91 Å². The van der Waals surface area contributed by atoms with Crippen molar-refractivity contribution in [2.24, 2.45) is 0 Å². The molecule has 0 fully saturated rings. The number of hydrogen-bond donors (Lipinski definition) is 0. The lowest BCUT2D eigenvalue weighted by Gasteiger charge is -2.15. The number of amides is 1. The van der Waals surface area contributed by atoms with Crippen molar-refractivity contribution in [1.82, 2.24) is 19.8 Å². The van der Waals surface area contributed by atoms with Gasteiger partial charge in [0.05, 0.1) is 35.2 Å². The number of aromatic nitrogens is 3. The van der Waals surface area contributed by atoms with E-state index < -0.39 is 11.7 Å². The lowest BCUT2D eigenvalue weighted by atomic mass is 10.2. The predicted octanol–water partition coefficient (Wildman–Crippen LogP) is 3.77. The molecule has 0 aliphatic carbocycles. The van der Waals surface area contributed by atoms with Gasteiger partial charge in [0.15, 0.2) is 0 Å². The van der Waals surface area contributed by atoms with Gasteiger partial charge >= 0.3 is 6.18 Å². The second kappa shape index (κ2) is 6.90. The fourth-order valence-corrected chi connectivity index (χ4v) is 2.71. The molecule has 0 bridgehead atoms. The van der Waals surface area contributed by atoms with E-state index in [0.717, 1.165) is 12.1 Å². The van der Waals surface area contributed by atoms with Crippen LogP contribution in [-0.4, -0.2) is 32.8 Å². The highest BCUT2D eigenvalue weighted by Gasteiger charge is 2.31. The predicted molar refractivity (Wildman–Crippen MR) is 90.3 cm³/mol. The molecule has 1 amide bonds. The van der Waals surface area contributed by atoms with E-state index in [0.29, 0.717) is 22.7 Å². The Morgan fingerprint density at radius 3 is 2.63 bits per heavy atom. The topological polar surface area (TPSA) is 64.2 Å². The SMILES string of the molecule is Cc1cc(CN(C)C(=O)c2cnn(-c3cccc(C(F)(F)F)c3)c2C)no1. The number of carbonyl (C=O) groups excluding carboxylic acids is 1. The Morgan fingerprint density at radius 1 is 1.26 bits per heavy atom. The number of alkyl halides is 3. The van der Waals surface area contributed by atoms with Crippen molar-refractivity contribution in [3.05, 3.63) is 64.8 Å². The molecule has 2 aromatic heterocycles. The zero-order chi connectivity index (χ0) is 19.8. The van der Waals surface area contributed by atoms with Crippen molar-refractivity contribution in [1.29, 1.82) is 0 Å². The van der Waals surface area contributed by atoms with Gasteiger partial charge in [0.1, 0.15) is 11.5 Å². The van der Waals surface area contributed by atoms with Crippen molar-refractivity contribution in [2.45, 2.75) is 26.6 Å². The molecule has 0 aliphatic heterocycles. The third-order valence-corrected chi connectivity index (χ3v) is 4.08. The lowest BCUT2D eigenvalue weighted by Crippen LogP contribution is -2.26. The summed E-state index contributed by atoms with van der Waals surface area (Å²) in [5.74, 6) is 0.325. The van der Waals surface area contributed by atoms with E-state index >= 15 is 0 Å². The highest BCUT2D eigenvalue weighted by molar-refractivity contribution is 5.95. The normalized spacial score (nSPS) is 11.6. The van der Waals surface area contributed by atoms with Gasteiger partial charge in [-0.25, -0.2) is 4.68 Å². The number of hydrogen-bond acceptors (Lipinski definition) is 4. The minimum absolute atomic E-state index is 0.233. The maximum Gasteiger partial charge on any atom is 0.416 e. The van der Waals surface area contributed by atoms with E-state index in [9.17, 15) is 18.0 Å². The summed E-state index contributed by atoms with van der Waals surface area (Å²) in [4.78, 5) is 14.1. The van der Waals surface area contributed by atoms with E-state index in [2.05, 4.69) is 10.3 Å². The summed E-state index contributed by atoms with van der Waals surface area (Å²) in [7, 11) is 1.60. The molecule has 0 N–H and O–H groups in total. The van der Waals surface area contributed by atoms with Crippen LogP contribution in [-0.2, 0) is 12.7 Å². The van der Waals surface area contributed by atoms with E-state index in [1.807, 2.05) is 0 Å². The standard InChI is InChI=1S/C18H17F3N4O2/c1-11-7-14(23-27-11)10-24(3)17(26)16-9-22-25(12(16)2)15-6-4-5-13(8-15)18(19,20)21/h4-9H,10H2,1-3H3. The summed E-state index contributed by atoms with van der Waals surface area (Å²) in [5.41, 5.74) is 0.807. The first kappa shape index (κ1) is 18.7. The molecule has 9 heteroatoms. The minimum atomic E-state index is -4.45. The van der Waals surface area contributed by atoms with Crippen molar-refractivity contribution >= 4 is 5.91 Å². The Labute approximate surface area is 153 Å². The number of halogens is 3. The summed E-state index contributed by atoms with van der Waals surface area (Å²) >= 11 is 0. The van der Waals surface area contributed by atoms with E-state index in [1.165, 1.54) is 27.9 Å². The number of rotatable bonds is 4. The molecule has 0 aliphatic rings. The van der Waals surface area contributed by atoms with E-state index in [-0.39, 0.29) is 18.1 Å². The van der Waals surface area contributed by atoms with Crippen molar-refractivity contribution in [2.75, 3.05) is 7.05 Å². The average molecular weight is 378 g/mol. The van der Waals surface area contributed by atoms with Crippen molar-refractivity contribution < 1.29 is 22.5 Å². The molecule has 0 saturated heterocycles. The molecular weight excluding hydrogens is 361 g/mol. The molecule has 0 unspecified atom stereocenters. The van der Waals surface area contributed by atoms with Crippen LogP contribution < -0.4 is 0 Å². The summed E-state index contributed by atoms with van der Waals surface area (Å²) in [6, 6.07) is 6.52. The first-order valence-corrected chi connectivity index (χ1v) is 8.06. The number of carbonyl (C=O) groups is 1. The Kier molecular flexibility index (Phi) is 4.77. The van der Waals surface area contributed by atoms with E-state index in [4.69, 9.17) is 4.52 Å². The molecule has 6 nitrogen and oxygen atoms in total. The van der Waals surface area contributed by atoms with E-state index in [1.54, 1.807) is 27.0 Å². The molecule has 2 heterocycles. The fraction of sp³-hybridized carbons (Fsp3) is 0.278. The fourth-order valence-electron chi connectivity index (χ4n) is 2.71. The highest BCUT2D eigenvalue weighted by atomic mass is 19.4. The molecule has 0 saturated carbocycles. The summed E-state index contributed by atoms with van der Waals surface area (Å²) in [5, 5.41) is 7.93. The van der Waals surface area contributed by atoms with Gasteiger partial charge < -0.3 is 9.42 Å². The number of benzene rings is 1. The summed E-state index contributed by atoms with van der Waals surface area (Å²) in [6.07, 6.45) is -3.10. The number of nitrogens with zero attached hydrogens (tertiary/aromatic N) is 4. The Morgan fingerprint density at radius 2 is 2.00 bits per heavy atom. The van der Waals surface area contributed by atoms with Gasteiger partial charge in [0.2, 0.25) is 0 Å². The maximum atomic E-state index is 12.9. The van der Waals surface area contributed by atoms with Gasteiger partial charge in [-0.3, -0.25) is 4.79 Å². The van der Waals surface area contributed by atoms with Gasteiger partial charge in [-0.05, 0) is 32.0 Å². The number of aryl methyl sites for hydroxylation is 1. The minimum Gasteiger partial charge on any atom is -0.361 e. The summed E-state index contributed by atoms with van der Waals surface area (Å²) in [6.45, 7) is 3.63. The van der Waals surface area contributed by atoms with Crippen LogP contribution in [0.15, 0.2) is 41.1 Å². The van der Waals surface area contributed by atoms with Gasteiger partial charge in [0, 0.05) is 13.1 Å². The zero-order valence-corrected chi connectivity index (χ0v) is 14.9. The molecule has 0 spiro atoms. The molecular formula is C18H17F3N4O2. The molecule has 0 atom stereocenters. The van der Waals surface area contributed by atoms with Crippen LogP contribution >= 0.6 is 0 Å². The van der Waals surface area contributed by atoms with Crippen molar-refractivity contribution in [3.8, 4) is 5.69 Å². The van der Waals surface area contributed by atoms with Crippen LogP contribution in [0.3, 0.4) is 0 Å². The van der Waals surface area contributed by atoms with Crippen LogP contribution in [0.4, 0.5) is 13.2 Å². The van der Waals surface area contributed by atoms with Gasteiger partial charge in [-0.2, -0.15) is 18.3 Å². The second-order valence-electron chi connectivity index (χ2n) is 6.19. The van der Waals surface area contributed by atoms with Gasteiger partial charge in [-0.15, -0.1) is 0 Å². The smallest absolute Gasteiger partial charge is 0.361 e. The molecule has 0 radical (unpaired) electrons. The third kappa shape index (κ3) is 3.86. The van der Waals surface area contributed by atoms with Crippen LogP contribution in [0.2, 0.25) is 0 Å². The van der Waals surface area contributed by atoms with Gasteiger partial charge in [-0.1, -0.05) is 11.2 Å². The lowest BCUT2D eigenvalue weighted by molar-refractivity contribution is -0.137. The largest absolute Gasteiger partial charge is 0.416 e. The average Bonchev–Trinajstić information content (AvgIpc) is 3.19. The zero-order valence-electron chi connectivity index (χ0n) is 14.9. The van der Waals surface area contributed by atoms with Crippen LogP contribution in [0, 0.1) is 13.8 Å². The Bertz CT molecular complexity index is 975. The first-order chi connectivity index (χ1) is 12.7. The van der Waals surface area contributed by atoms with Crippen LogP contribution in [0.5, 0.6) is 0 Å². The molecule has 1 aromatic carbocycles. The molecule has 3 rings (SSSR count). The summed E-state index contributed by atoms with van der Waals surface area (Å²) < 4.78 is 45.1. The monoisotopic (exact) mass is 378 g/mol. The highest BCUT2D eigenvalue weighted by Crippen LogP contribution is 2.30. The maximum absolute atomic E-state index is 12.9. The third-order valence-electron chi connectivity index (χ3n) is 4.08. The quantitative estimate of drug-likeness (QED) is 0.693. The molecule has 3 aromatic rings. The Balaban J connectivity index is 1.85. The molecule has 142 valence electrons. The second-order valence-corrected chi connectivity index (χ2v) is 6.19. The Hall–Kier alpha value is -3.10.